The van der Waals surface area contributed by atoms with E-state index in [1.165, 1.54) is 0 Å². The lowest BCUT2D eigenvalue weighted by Crippen LogP contribution is -2.58. The van der Waals surface area contributed by atoms with Crippen molar-refractivity contribution in [3.63, 3.8) is 0 Å². The third-order valence-electron chi connectivity index (χ3n) is 4.26. The predicted molar refractivity (Wildman–Crippen MR) is 88.8 cm³/mol. The summed E-state index contributed by atoms with van der Waals surface area (Å²) in [7, 11) is 2.14. The Kier molecular flexibility index (Phi) is 8.48. The van der Waals surface area contributed by atoms with Gasteiger partial charge in [-0.3, -0.25) is 4.79 Å². The van der Waals surface area contributed by atoms with E-state index in [4.69, 9.17) is 10.5 Å². The lowest BCUT2D eigenvalue weighted by Gasteiger charge is -2.41. The zero-order valence-electron chi connectivity index (χ0n) is 14.0. The lowest BCUT2D eigenvalue weighted by molar-refractivity contribution is -0.121. The SMILES string of the molecule is CCN(CCNC)S(=O)C1(C(N)=O)CCN(CCOC)CC1. The number of primary amides is 1. The molecular weight excluding hydrogens is 304 g/mol. The Bertz CT molecular complexity index is 373. The maximum Gasteiger partial charge on any atom is 0.237 e. The number of amides is 1. The van der Waals surface area contributed by atoms with Crippen LogP contribution in [0.4, 0.5) is 0 Å². The molecule has 1 unspecified atom stereocenters. The largest absolute Gasteiger partial charge is 0.383 e. The Morgan fingerprint density at radius 3 is 2.55 bits per heavy atom. The number of ether oxygens (including phenoxy) is 1. The van der Waals surface area contributed by atoms with Crippen molar-refractivity contribution >= 4 is 16.9 Å². The van der Waals surface area contributed by atoms with Crippen molar-refractivity contribution in [3.05, 3.63) is 0 Å². The van der Waals surface area contributed by atoms with Crippen LogP contribution in [-0.4, -0.2) is 84.1 Å². The molecule has 8 heteroatoms. The summed E-state index contributed by atoms with van der Waals surface area (Å²) in [4.78, 5) is 14.3. The summed E-state index contributed by atoms with van der Waals surface area (Å²) in [5.74, 6) is -0.444. The number of hydrogen-bond acceptors (Lipinski definition) is 5. The molecule has 0 bridgehead atoms. The maximum atomic E-state index is 13.0. The van der Waals surface area contributed by atoms with Gasteiger partial charge in [0.2, 0.25) is 5.91 Å². The van der Waals surface area contributed by atoms with Crippen molar-refractivity contribution in [2.45, 2.75) is 24.5 Å². The van der Waals surface area contributed by atoms with Gasteiger partial charge in [0.1, 0.15) is 15.7 Å². The van der Waals surface area contributed by atoms with Crippen LogP contribution in [0, 0.1) is 0 Å². The first kappa shape index (κ1) is 19.5. The summed E-state index contributed by atoms with van der Waals surface area (Å²) in [5, 5.41) is 3.05. The van der Waals surface area contributed by atoms with Crippen LogP contribution >= 0.6 is 0 Å². The third kappa shape index (κ3) is 4.73. The van der Waals surface area contributed by atoms with E-state index in [9.17, 15) is 9.00 Å². The molecule has 0 spiro atoms. The molecule has 0 saturated carbocycles. The zero-order chi connectivity index (χ0) is 16.6. The molecule has 1 heterocycles. The summed E-state index contributed by atoms with van der Waals surface area (Å²) < 4.78 is 19.0. The predicted octanol–water partition coefficient (Wildman–Crippen LogP) is -0.842. The standard InChI is InChI=1S/C14H30N4O3S/c1-4-18(10-7-16-2)22(20)14(13(15)19)5-8-17(9-6-14)11-12-21-3/h16H,4-12H2,1-3H3,(H2,15,19). The van der Waals surface area contributed by atoms with E-state index in [2.05, 4.69) is 10.2 Å². The molecule has 0 aromatic rings. The minimum atomic E-state index is -1.39. The number of rotatable bonds is 10. The summed E-state index contributed by atoms with van der Waals surface area (Å²) in [6, 6.07) is 0. The molecule has 0 radical (unpaired) electrons. The van der Waals surface area contributed by atoms with E-state index >= 15 is 0 Å². The molecule has 3 N–H and O–H groups in total. The number of nitrogens with two attached hydrogens (primary N) is 1. The number of methoxy groups -OCH3 is 1. The van der Waals surface area contributed by atoms with Crippen LogP contribution in [0.15, 0.2) is 0 Å². The smallest absolute Gasteiger partial charge is 0.237 e. The van der Waals surface area contributed by atoms with Gasteiger partial charge in [-0.2, -0.15) is 0 Å². The Balaban J connectivity index is 2.76. The van der Waals surface area contributed by atoms with E-state index in [1.54, 1.807) is 7.11 Å². The molecule has 0 aromatic carbocycles. The highest BCUT2D eigenvalue weighted by molar-refractivity contribution is 7.85. The molecule has 1 rings (SSSR count). The number of likely N-dealkylation sites (N-methyl/N-ethyl adjacent to an activating group) is 2. The van der Waals surface area contributed by atoms with Crippen molar-refractivity contribution in [1.29, 1.82) is 0 Å². The molecule has 22 heavy (non-hydrogen) atoms. The van der Waals surface area contributed by atoms with Crippen molar-refractivity contribution in [1.82, 2.24) is 14.5 Å². The monoisotopic (exact) mass is 334 g/mol. The van der Waals surface area contributed by atoms with Crippen LogP contribution in [0.1, 0.15) is 19.8 Å². The molecule has 1 atom stereocenters. The highest BCUT2D eigenvalue weighted by atomic mass is 32.2. The van der Waals surface area contributed by atoms with Gasteiger partial charge < -0.3 is 20.7 Å². The van der Waals surface area contributed by atoms with Gasteiger partial charge in [0.15, 0.2) is 0 Å². The van der Waals surface area contributed by atoms with E-state index in [0.29, 0.717) is 32.5 Å². The Hall–Kier alpha value is -0.540. The number of nitrogens with zero attached hydrogens (tertiary/aromatic N) is 2. The number of piperidine rings is 1. The average Bonchev–Trinajstić information content (AvgIpc) is 2.53. The summed E-state index contributed by atoms with van der Waals surface area (Å²) >= 11 is 0. The number of hydrogen-bond donors (Lipinski definition) is 2. The van der Waals surface area contributed by atoms with Crippen molar-refractivity contribution in [3.8, 4) is 0 Å². The van der Waals surface area contributed by atoms with Gasteiger partial charge in [0.25, 0.3) is 0 Å². The number of carbonyl (C=O) groups excluding carboxylic acids is 1. The first-order valence-electron chi connectivity index (χ1n) is 7.84. The molecule has 1 amide bonds. The molecular formula is C14H30N4O3S. The maximum absolute atomic E-state index is 13.0. The van der Waals surface area contributed by atoms with Crippen molar-refractivity contribution < 1.29 is 13.7 Å². The van der Waals surface area contributed by atoms with Crippen LogP contribution < -0.4 is 11.1 Å². The van der Waals surface area contributed by atoms with Gasteiger partial charge in [-0.05, 0) is 19.9 Å². The van der Waals surface area contributed by atoms with Gasteiger partial charge in [-0.25, -0.2) is 8.51 Å². The molecule has 130 valence electrons. The van der Waals surface area contributed by atoms with Crippen LogP contribution in [0.5, 0.6) is 0 Å². The topological polar surface area (TPSA) is 87.9 Å². The number of nitrogens with one attached hydrogen (secondary N) is 1. The average molecular weight is 334 g/mol. The van der Waals surface area contributed by atoms with Crippen LogP contribution in [0.2, 0.25) is 0 Å². The van der Waals surface area contributed by atoms with E-state index in [1.807, 2.05) is 18.3 Å². The quantitative estimate of drug-likeness (QED) is 0.544. The van der Waals surface area contributed by atoms with Gasteiger partial charge in [-0.15, -0.1) is 0 Å². The van der Waals surface area contributed by atoms with Crippen molar-refractivity contribution in [2.75, 3.05) is 60.0 Å². The molecule has 0 aromatic heterocycles. The van der Waals surface area contributed by atoms with Gasteiger partial charge in [0, 0.05) is 46.4 Å². The highest BCUT2D eigenvalue weighted by Crippen LogP contribution is 2.30. The Morgan fingerprint density at radius 1 is 1.45 bits per heavy atom. The fourth-order valence-electron chi connectivity index (χ4n) is 2.71. The van der Waals surface area contributed by atoms with Crippen molar-refractivity contribution in [2.24, 2.45) is 5.73 Å². The highest BCUT2D eigenvalue weighted by Gasteiger charge is 2.47. The first-order valence-corrected chi connectivity index (χ1v) is 8.95. The third-order valence-corrected chi connectivity index (χ3v) is 6.44. The fraction of sp³-hybridized carbons (Fsp3) is 0.929. The minimum Gasteiger partial charge on any atom is -0.383 e. The molecule has 1 saturated heterocycles. The molecule has 1 aliphatic heterocycles. The van der Waals surface area contributed by atoms with Gasteiger partial charge >= 0.3 is 0 Å². The molecule has 1 fully saturated rings. The molecule has 7 nitrogen and oxygen atoms in total. The van der Waals surface area contributed by atoms with E-state index in [-0.39, 0.29) is 0 Å². The summed E-state index contributed by atoms with van der Waals surface area (Å²) in [6.07, 6.45) is 1.07. The summed E-state index contributed by atoms with van der Waals surface area (Å²) in [5.41, 5.74) is 5.65. The second-order valence-corrected chi connectivity index (χ2v) is 7.36. The number of likely N-dealkylation sites (tertiary alicyclic amines) is 1. The van der Waals surface area contributed by atoms with Crippen LogP contribution in [0.3, 0.4) is 0 Å². The molecule has 0 aliphatic carbocycles. The van der Waals surface area contributed by atoms with Gasteiger partial charge in [-0.1, -0.05) is 6.92 Å². The summed E-state index contributed by atoms with van der Waals surface area (Å²) in [6.45, 7) is 6.90. The molecule has 1 aliphatic rings. The van der Waals surface area contributed by atoms with Gasteiger partial charge in [0.05, 0.1) is 6.61 Å². The second-order valence-electron chi connectivity index (χ2n) is 5.57. The first-order chi connectivity index (χ1) is 10.5. The zero-order valence-corrected chi connectivity index (χ0v) is 14.8. The normalized spacial score (nSPS) is 20.2. The van der Waals surface area contributed by atoms with E-state index in [0.717, 1.165) is 26.2 Å². The van der Waals surface area contributed by atoms with E-state index < -0.39 is 21.6 Å². The lowest BCUT2D eigenvalue weighted by atomic mass is 9.95. The van der Waals surface area contributed by atoms with Crippen LogP contribution in [0.25, 0.3) is 0 Å². The minimum absolute atomic E-state index is 0.444. The Morgan fingerprint density at radius 2 is 2.09 bits per heavy atom. The Labute approximate surface area is 136 Å². The second kappa shape index (κ2) is 9.57. The fourth-order valence-corrected chi connectivity index (χ4v) is 4.40. The van der Waals surface area contributed by atoms with Crippen LogP contribution in [-0.2, 0) is 20.5 Å². The number of carbonyl (C=O) groups is 1.